The van der Waals surface area contributed by atoms with E-state index in [4.69, 9.17) is 30.7 Å². The van der Waals surface area contributed by atoms with Gasteiger partial charge in [-0.2, -0.15) is 5.10 Å². The number of carbonyl (C=O) groups is 1. The molecule has 3 aromatic heterocycles. The molecule has 4 aromatic rings. The highest BCUT2D eigenvalue weighted by atomic mass is 16.5. The number of carbonyl (C=O) groups excluding carboxylic acids is 1. The maximum Gasteiger partial charge on any atom is 0.223 e. The predicted octanol–water partition coefficient (Wildman–Crippen LogP) is 2.25. The number of nitrogens with two attached hydrogens (primary N) is 2. The Morgan fingerprint density at radius 1 is 1.15 bits per heavy atom. The van der Waals surface area contributed by atoms with Crippen LogP contribution in [-0.2, 0) is 14.3 Å². The molecule has 39 heavy (non-hydrogen) atoms. The van der Waals surface area contributed by atoms with Crippen molar-refractivity contribution in [3.05, 3.63) is 36.4 Å². The Morgan fingerprint density at radius 3 is 2.72 bits per heavy atom. The third-order valence-electron chi connectivity index (χ3n) is 7.22. The van der Waals surface area contributed by atoms with Crippen LogP contribution in [0.25, 0.3) is 27.8 Å². The Hall–Kier alpha value is -3.74. The van der Waals surface area contributed by atoms with Gasteiger partial charge in [0.1, 0.15) is 29.1 Å². The summed E-state index contributed by atoms with van der Waals surface area (Å²) in [5.41, 5.74) is 14.8. The zero-order chi connectivity index (χ0) is 27.2. The quantitative estimate of drug-likeness (QED) is 0.198. The fraction of sp³-hybridized carbons (Fsp3) is 0.481. The van der Waals surface area contributed by atoms with E-state index >= 15 is 0 Å². The monoisotopic (exact) mass is 536 g/mol. The van der Waals surface area contributed by atoms with Crippen molar-refractivity contribution in [1.82, 2.24) is 29.9 Å². The van der Waals surface area contributed by atoms with Gasteiger partial charge in [-0.3, -0.25) is 4.79 Å². The highest BCUT2D eigenvalue weighted by Gasteiger charge is 2.31. The lowest BCUT2D eigenvalue weighted by Crippen LogP contribution is -2.35. The number of nitrogens with one attached hydrogen (secondary N) is 2. The lowest BCUT2D eigenvalue weighted by molar-refractivity contribution is -0.126. The van der Waals surface area contributed by atoms with Gasteiger partial charge in [-0.05, 0) is 37.8 Å². The van der Waals surface area contributed by atoms with Crippen LogP contribution in [0, 0.1) is 5.92 Å². The molecule has 1 aliphatic carbocycles. The number of imidazole rings is 1. The summed E-state index contributed by atoms with van der Waals surface area (Å²) >= 11 is 0. The van der Waals surface area contributed by atoms with E-state index in [1.165, 1.54) is 6.33 Å². The zero-order valence-electron chi connectivity index (χ0n) is 22.2. The highest BCUT2D eigenvalue weighted by molar-refractivity contribution is 5.93. The number of methoxy groups -OCH3 is 1. The fourth-order valence-corrected chi connectivity index (χ4v) is 5.27. The number of nitrogens with zero attached hydrogens (tertiary/aromatic N) is 4. The standard InChI is InChI=1S/C27H36N8O4/c1-37-21-4-2-3-19-15-20(33-22(19)21)23-24-25(29)31-16-32-35(24)26(34-23)17-5-7-18(8-6-17)27(36)30-10-12-39-14-13-38-11-9-28/h2-4,15-18,33H,5-14,28H2,1H3,(H,30,36)(H2,29,31,32). The SMILES string of the molecule is COc1cccc2cc(-c3nc(C4CCC(C(=O)NCCOCCOCCN)CC4)n4ncnc(N)c34)[nH]c12. The van der Waals surface area contributed by atoms with E-state index in [-0.39, 0.29) is 17.7 Å². The molecule has 0 radical (unpaired) electrons. The Bertz CT molecular complexity index is 1410. The lowest BCUT2D eigenvalue weighted by atomic mass is 9.81. The highest BCUT2D eigenvalue weighted by Crippen LogP contribution is 2.39. The van der Waals surface area contributed by atoms with Crippen molar-refractivity contribution in [2.75, 3.05) is 52.4 Å². The first-order valence-electron chi connectivity index (χ1n) is 13.4. The molecule has 12 nitrogen and oxygen atoms in total. The number of anilines is 1. The minimum atomic E-state index is -0.0271. The first-order valence-corrected chi connectivity index (χ1v) is 13.4. The first-order chi connectivity index (χ1) is 19.1. The molecule has 208 valence electrons. The maximum atomic E-state index is 12.7. The number of aromatic nitrogens is 5. The Kier molecular flexibility index (Phi) is 8.54. The number of H-pyrrole nitrogens is 1. The number of rotatable bonds is 12. The van der Waals surface area contributed by atoms with Crippen LogP contribution >= 0.6 is 0 Å². The van der Waals surface area contributed by atoms with Crippen LogP contribution in [0.15, 0.2) is 30.6 Å². The Morgan fingerprint density at radius 2 is 1.95 bits per heavy atom. The fourth-order valence-electron chi connectivity index (χ4n) is 5.27. The smallest absolute Gasteiger partial charge is 0.223 e. The molecule has 0 spiro atoms. The second-order valence-corrected chi connectivity index (χ2v) is 9.68. The molecule has 5 rings (SSSR count). The van der Waals surface area contributed by atoms with Gasteiger partial charge in [-0.25, -0.2) is 14.5 Å². The van der Waals surface area contributed by atoms with Crippen LogP contribution in [0.1, 0.15) is 37.4 Å². The normalized spacial score (nSPS) is 17.6. The van der Waals surface area contributed by atoms with Gasteiger partial charge in [0.05, 0.1) is 44.7 Å². The van der Waals surface area contributed by atoms with Gasteiger partial charge in [-0.15, -0.1) is 0 Å². The van der Waals surface area contributed by atoms with Crippen LogP contribution in [0.3, 0.4) is 0 Å². The second-order valence-electron chi connectivity index (χ2n) is 9.68. The van der Waals surface area contributed by atoms with E-state index in [9.17, 15) is 4.79 Å². The summed E-state index contributed by atoms with van der Waals surface area (Å²) in [7, 11) is 1.65. The van der Waals surface area contributed by atoms with Crippen LogP contribution in [0.5, 0.6) is 5.75 Å². The van der Waals surface area contributed by atoms with E-state index in [1.54, 1.807) is 11.6 Å². The molecule has 3 heterocycles. The zero-order valence-corrected chi connectivity index (χ0v) is 22.2. The molecule has 0 bridgehead atoms. The molecular weight excluding hydrogens is 500 g/mol. The molecule has 1 saturated carbocycles. The second kappa shape index (κ2) is 12.4. The van der Waals surface area contributed by atoms with Gasteiger partial charge >= 0.3 is 0 Å². The summed E-state index contributed by atoms with van der Waals surface area (Å²) in [5.74, 6) is 2.16. The summed E-state index contributed by atoms with van der Waals surface area (Å²) in [5, 5.41) is 8.51. The average molecular weight is 537 g/mol. The van der Waals surface area contributed by atoms with Gasteiger partial charge in [0.2, 0.25) is 5.91 Å². The molecule has 1 aromatic carbocycles. The molecule has 0 atom stereocenters. The summed E-state index contributed by atoms with van der Waals surface area (Å²) in [6.45, 7) is 2.95. The molecule has 12 heteroatoms. The van der Waals surface area contributed by atoms with Crippen molar-refractivity contribution in [3.8, 4) is 17.1 Å². The number of nitrogen functional groups attached to an aromatic ring is 1. The van der Waals surface area contributed by atoms with Crippen LogP contribution in [0.4, 0.5) is 5.82 Å². The van der Waals surface area contributed by atoms with Crippen molar-refractivity contribution in [2.24, 2.45) is 11.7 Å². The summed E-state index contributed by atoms with van der Waals surface area (Å²) < 4.78 is 18.1. The number of ether oxygens (including phenoxy) is 3. The van der Waals surface area contributed by atoms with Crippen LogP contribution in [-0.4, -0.2) is 77.1 Å². The molecular formula is C27H36N8O4. The third kappa shape index (κ3) is 5.82. The Balaban J connectivity index is 1.25. The van der Waals surface area contributed by atoms with Crippen LogP contribution < -0.4 is 21.5 Å². The number of hydrogen-bond donors (Lipinski definition) is 4. The number of para-hydroxylation sites is 1. The number of hydrogen-bond acceptors (Lipinski definition) is 9. The van der Waals surface area contributed by atoms with Crippen molar-refractivity contribution in [2.45, 2.75) is 31.6 Å². The molecule has 1 aliphatic rings. The summed E-state index contributed by atoms with van der Waals surface area (Å²) in [6, 6.07) is 7.92. The minimum absolute atomic E-state index is 0.0271. The number of aromatic amines is 1. The largest absolute Gasteiger partial charge is 0.495 e. The van der Waals surface area contributed by atoms with Gasteiger partial charge < -0.3 is 36.0 Å². The number of benzene rings is 1. The molecule has 0 unspecified atom stereocenters. The van der Waals surface area contributed by atoms with Gasteiger partial charge in [0.25, 0.3) is 0 Å². The molecule has 6 N–H and O–H groups in total. The maximum absolute atomic E-state index is 12.7. The van der Waals surface area contributed by atoms with Crippen molar-refractivity contribution < 1.29 is 19.0 Å². The van der Waals surface area contributed by atoms with Gasteiger partial charge in [0.15, 0.2) is 5.82 Å². The van der Waals surface area contributed by atoms with E-state index in [0.717, 1.165) is 53.9 Å². The van der Waals surface area contributed by atoms with Gasteiger partial charge in [-0.1, -0.05) is 12.1 Å². The number of amides is 1. The van der Waals surface area contributed by atoms with E-state index in [1.807, 2.05) is 24.3 Å². The van der Waals surface area contributed by atoms with Crippen molar-refractivity contribution >= 4 is 28.1 Å². The van der Waals surface area contributed by atoms with Crippen LogP contribution in [0.2, 0.25) is 0 Å². The minimum Gasteiger partial charge on any atom is -0.495 e. The molecule has 1 amide bonds. The summed E-state index contributed by atoms with van der Waals surface area (Å²) in [6.07, 6.45) is 4.67. The average Bonchev–Trinajstić information content (AvgIpc) is 3.57. The molecule has 1 fully saturated rings. The van der Waals surface area contributed by atoms with E-state index < -0.39 is 0 Å². The number of fused-ring (bicyclic) bond motifs is 2. The topological polar surface area (TPSA) is 168 Å². The first kappa shape index (κ1) is 26.9. The van der Waals surface area contributed by atoms with Crippen molar-refractivity contribution in [1.29, 1.82) is 0 Å². The Labute approximate surface area is 226 Å². The van der Waals surface area contributed by atoms with E-state index in [2.05, 4.69) is 20.4 Å². The third-order valence-corrected chi connectivity index (χ3v) is 7.22. The predicted molar refractivity (Wildman–Crippen MR) is 147 cm³/mol. The molecule has 0 saturated heterocycles. The van der Waals surface area contributed by atoms with E-state index in [0.29, 0.717) is 56.5 Å². The van der Waals surface area contributed by atoms with Gasteiger partial charge in [0, 0.05) is 30.3 Å². The van der Waals surface area contributed by atoms with Crippen molar-refractivity contribution in [3.63, 3.8) is 0 Å². The summed E-state index contributed by atoms with van der Waals surface area (Å²) in [4.78, 5) is 25.4. The molecule has 0 aliphatic heterocycles. The lowest BCUT2D eigenvalue weighted by Gasteiger charge is -2.26.